The maximum Gasteiger partial charge on any atom is 0.0713 e. The van der Waals surface area contributed by atoms with E-state index in [1.54, 1.807) is 0 Å². The molecule has 0 atom stereocenters. The third kappa shape index (κ3) is 5.31. The van der Waals surface area contributed by atoms with Crippen LogP contribution in [0.2, 0.25) is 0 Å². The summed E-state index contributed by atoms with van der Waals surface area (Å²) in [5, 5.41) is 0. The summed E-state index contributed by atoms with van der Waals surface area (Å²) in [6, 6.07) is 83.0. The van der Waals surface area contributed by atoms with Gasteiger partial charge in [0.15, 0.2) is 0 Å². The highest BCUT2D eigenvalue weighted by Crippen LogP contribution is 2.58. The second-order valence-corrected chi connectivity index (χ2v) is 16.4. The van der Waals surface area contributed by atoms with Crippen LogP contribution in [0.4, 0.5) is 17.1 Å². The Hall–Kier alpha value is -7.22. The normalized spacial score (nSPS) is 13.9. The first-order valence-electron chi connectivity index (χ1n) is 20.7. The number of anilines is 3. The Morgan fingerprint density at radius 3 is 1.53 bits per heavy atom. The smallest absolute Gasteiger partial charge is 0.0713 e. The molecule has 0 N–H and O–H groups in total. The van der Waals surface area contributed by atoms with E-state index in [0.29, 0.717) is 0 Å². The number of para-hydroxylation sites is 1. The fourth-order valence-corrected chi connectivity index (χ4v) is 10.3. The Balaban J connectivity index is 1.18. The molecular formula is C58H43N. The molecule has 0 radical (unpaired) electrons. The van der Waals surface area contributed by atoms with E-state index in [0.717, 1.165) is 17.1 Å². The van der Waals surface area contributed by atoms with Gasteiger partial charge in [0.1, 0.15) is 0 Å². The zero-order chi connectivity index (χ0) is 39.6. The Morgan fingerprint density at radius 1 is 0.322 bits per heavy atom. The van der Waals surface area contributed by atoms with Crippen LogP contribution in [0, 0.1) is 0 Å². The Bertz CT molecular complexity index is 2960. The van der Waals surface area contributed by atoms with Gasteiger partial charge in [0.2, 0.25) is 0 Å². The van der Waals surface area contributed by atoms with E-state index >= 15 is 0 Å². The van der Waals surface area contributed by atoms with Crippen molar-refractivity contribution in [3.63, 3.8) is 0 Å². The molecule has 0 saturated carbocycles. The van der Waals surface area contributed by atoms with Gasteiger partial charge in [0, 0.05) is 22.4 Å². The number of fused-ring (bicyclic) bond motifs is 6. The van der Waals surface area contributed by atoms with Crippen LogP contribution in [0.3, 0.4) is 0 Å². The summed E-state index contributed by atoms with van der Waals surface area (Å²) < 4.78 is 0. The predicted molar refractivity (Wildman–Crippen MR) is 247 cm³/mol. The molecule has 9 aromatic rings. The molecule has 0 amide bonds. The predicted octanol–water partition coefficient (Wildman–Crippen LogP) is 15.2. The highest BCUT2D eigenvalue weighted by atomic mass is 15.1. The summed E-state index contributed by atoms with van der Waals surface area (Å²) in [5.41, 5.74) is 20.6. The quantitative estimate of drug-likeness (QED) is 0.157. The molecule has 0 heterocycles. The fraction of sp³-hybridized carbons (Fsp3) is 0.0690. The van der Waals surface area contributed by atoms with Crippen LogP contribution in [-0.4, -0.2) is 0 Å². The molecule has 1 heteroatoms. The van der Waals surface area contributed by atoms with Gasteiger partial charge in [-0.05, 0) is 109 Å². The van der Waals surface area contributed by atoms with Crippen molar-refractivity contribution in [1.29, 1.82) is 0 Å². The van der Waals surface area contributed by atoms with Crippen LogP contribution in [0.1, 0.15) is 47.2 Å². The molecule has 0 aliphatic heterocycles. The molecule has 9 aromatic carbocycles. The first-order valence-corrected chi connectivity index (χ1v) is 20.7. The van der Waals surface area contributed by atoms with Gasteiger partial charge >= 0.3 is 0 Å². The van der Waals surface area contributed by atoms with E-state index in [9.17, 15) is 0 Å². The minimum atomic E-state index is -0.459. The van der Waals surface area contributed by atoms with Crippen LogP contribution < -0.4 is 4.90 Å². The van der Waals surface area contributed by atoms with Crippen LogP contribution in [0.5, 0.6) is 0 Å². The van der Waals surface area contributed by atoms with Gasteiger partial charge in [0.05, 0.1) is 11.1 Å². The molecule has 0 fully saturated rings. The summed E-state index contributed by atoms with van der Waals surface area (Å²) in [6.07, 6.45) is 0. The summed E-state index contributed by atoms with van der Waals surface area (Å²) >= 11 is 0. The Kier molecular flexibility index (Phi) is 8.13. The monoisotopic (exact) mass is 753 g/mol. The van der Waals surface area contributed by atoms with Crippen molar-refractivity contribution in [2.75, 3.05) is 4.90 Å². The molecule has 0 saturated heterocycles. The number of rotatable bonds is 7. The average molecular weight is 754 g/mol. The van der Waals surface area contributed by atoms with E-state index in [-0.39, 0.29) is 5.41 Å². The van der Waals surface area contributed by atoms with Crippen LogP contribution >= 0.6 is 0 Å². The third-order valence-electron chi connectivity index (χ3n) is 13.0. The first kappa shape index (κ1) is 35.0. The maximum absolute atomic E-state index is 2.47. The van der Waals surface area contributed by atoms with Crippen molar-refractivity contribution in [2.45, 2.75) is 24.7 Å². The number of hydrogen-bond donors (Lipinski definition) is 0. The summed E-state index contributed by atoms with van der Waals surface area (Å²) in [6.45, 7) is 4.73. The molecular weight excluding hydrogens is 711 g/mol. The van der Waals surface area contributed by atoms with Gasteiger partial charge in [-0.25, -0.2) is 0 Å². The van der Waals surface area contributed by atoms with Crippen LogP contribution in [-0.2, 0) is 10.8 Å². The van der Waals surface area contributed by atoms with Gasteiger partial charge in [-0.2, -0.15) is 0 Å². The Labute approximate surface area is 347 Å². The molecule has 2 aliphatic carbocycles. The summed E-state index contributed by atoms with van der Waals surface area (Å²) in [5.74, 6) is 0. The van der Waals surface area contributed by atoms with Crippen molar-refractivity contribution in [3.8, 4) is 44.5 Å². The fourth-order valence-electron chi connectivity index (χ4n) is 10.3. The molecule has 1 nitrogen and oxygen atoms in total. The molecule has 280 valence electrons. The lowest BCUT2D eigenvalue weighted by Crippen LogP contribution is -2.28. The second kappa shape index (κ2) is 13.7. The first-order chi connectivity index (χ1) is 29.0. The maximum atomic E-state index is 2.47. The summed E-state index contributed by atoms with van der Waals surface area (Å²) in [7, 11) is 0. The molecule has 11 rings (SSSR count). The average Bonchev–Trinajstić information content (AvgIpc) is 3.73. The zero-order valence-electron chi connectivity index (χ0n) is 33.3. The SMILES string of the molecule is CC1(C)c2ccccc2-c2ccc(N(c3ccccc3)c3cccc(-c4ccccc4)c3-c3ccc4c(c3)-c3ccccc3C4(c3ccccc3)c3ccccc3)cc21. The van der Waals surface area contributed by atoms with E-state index in [2.05, 4.69) is 243 Å². The molecule has 0 spiro atoms. The van der Waals surface area contributed by atoms with Crippen molar-refractivity contribution in [2.24, 2.45) is 0 Å². The molecule has 59 heavy (non-hydrogen) atoms. The summed E-state index contributed by atoms with van der Waals surface area (Å²) in [4.78, 5) is 2.47. The van der Waals surface area contributed by atoms with E-state index < -0.39 is 5.41 Å². The van der Waals surface area contributed by atoms with Crippen molar-refractivity contribution in [1.82, 2.24) is 0 Å². The molecule has 2 aliphatic rings. The van der Waals surface area contributed by atoms with Gasteiger partial charge in [-0.3, -0.25) is 0 Å². The zero-order valence-corrected chi connectivity index (χ0v) is 33.3. The molecule has 0 aromatic heterocycles. The number of benzene rings is 9. The van der Waals surface area contributed by atoms with Gasteiger partial charge in [0.25, 0.3) is 0 Å². The van der Waals surface area contributed by atoms with Gasteiger partial charge < -0.3 is 4.90 Å². The van der Waals surface area contributed by atoms with Crippen molar-refractivity contribution in [3.05, 3.63) is 258 Å². The highest BCUT2D eigenvalue weighted by Gasteiger charge is 2.46. The lowest BCUT2D eigenvalue weighted by molar-refractivity contribution is 0.660. The van der Waals surface area contributed by atoms with E-state index in [1.165, 1.54) is 77.9 Å². The van der Waals surface area contributed by atoms with E-state index in [4.69, 9.17) is 0 Å². The lowest BCUT2D eigenvalue weighted by Gasteiger charge is -2.34. The van der Waals surface area contributed by atoms with Crippen LogP contribution in [0.15, 0.2) is 224 Å². The number of nitrogens with zero attached hydrogens (tertiary/aromatic N) is 1. The van der Waals surface area contributed by atoms with Gasteiger partial charge in [-0.15, -0.1) is 0 Å². The minimum Gasteiger partial charge on any atom is -0.310 e. The molecule has 0 bridgehead atoms. The lowest BCUT2D eigenvalue weighted by atomic mass is 9.67. The van der Waals surface area contributed by atoms with E-state index in [1.807, 2.05) is 0 Å². The van der Waals surface area contributed by atoms with Crippen LogP contribution in [0.25, 0.3) is 44.5 Å². The largest absolute Gasteiger partial charge is 0.310 e. The van der Waals surface area contributed by atoms with Gasteiger partial charge in [-0.1, -0.05) is 202 Å². The standard InChI is InChI=1S/C58H43N/c1-57(2)51-31-17-15-28-47(51)49-36-35-45(39-54(49)57)59(44-26-13-6-14-27-44)55-33-19-30-46(40-20-7-3-8-21-40)56(55)41-34-37-53-50(38-41)48-29-16-18-32-52(48)58(53,42-22-9-4-10-23-42)43-24-11-5-12-25-43/h3-39H,1-2H3. The topological polar surface area (TPSA) is 3.24 Å². The number of hydrogen-bond acceptors (Lipinski definition) is 1. The minimum absolute atomic E-state index is 0.129. The van der Waals surface area contributed by atoms with Crippen molar-refractivity contribution < 1.29 is 0 Å². The highest BCUT2D eigenvalue weighted by molar-refractivity contribution is 5.99. The van der Waals surface area contributed by atoms with Crippen molar-refractivity contribution >= 4 is 17.1 Å². The Morgan fingerprint density at radius 2 is 0.847 bits per heavy atom. The second-order valence-electron chi connectivity index (χ2n) is 16.4. The third-order valence-corrected chi connectivity index (χ3v) is 13.0. The molecule has 0 unspecified atom stereocenters.